The molecule has 21 heavy (non-hydrogen) atoms. The molecule has 0 N–H and O–H groups in total. The highest BCUT2D eigenvalue weighted by atomic mass is 31.2. The van der Waals surface area contributed by atoms with Gasteiger partial charge in [0, 0.05) is 30.5 Å². The van der Waals surface area contributed by atoms with E-state index in [1.54, 1.807) is 7.11 Å². The maximum absolute atomic E-state index is 13.6. The summed E-state index contributed by atoms with van der Waals surface area (Å²) in [6.07, 6.45) is 3.77. The lowest BCUT2D eigenvalue weighted by atomic mass is 10.3. The number of rotatable bonds is 8. The predicted octanol–water partition coefficient (Wildman–Crippen LogP) is 3.82. The second kappa shape index (κ2) is 8.17. The van der Waals surface area contributed by atoms with E-state index < -0.39 is 7.14 Å². The van der Waals surface area contributed by atoms with Gasteiger partial charge in [-0.2, -0.15) is 0 Å². The van der Waals surface area contributed by atoms with Gasteiger partial charge in [0.25, 0.3) is 0 Å². The van der Waals surface area contributed by atoms with Gasteiger partial charge >= 0.3 is 0 Å². The third kappa shape index (κ3) is 4.30. The molecule has 2 aromatic rings. The van der Waals surface area contributed by atoms with E-state index in [0.717, 1.165) is 42.6 Å². The molecule has 0 heterocycles. The Hall–Kier alpha value is -1.37. The van der Waals surface area contributed by atoms with Crippen LogP contribution in [-0.4, -0.2) is 19.9 Å². The second-order valence-electron chi connectivity index (χ2n) is 5.19. The van der Waals surface area contributed by atoms with Gasteiger partial charge in [0.05, 0.1) is 0 Å². The molecule has 2 rings (SSSR count). The molecule has 112 valence electrons. The summed E-state index contributed by atoms with van der Waals surface area (Å²) in [5.74, 6) is 0. The Labute approximate surface area is 127 Å². The summed E-state index contributed by atoms with van der Waals surface area (Å²) in [5.41, 5.74) is 0. The van der Waals surface area contributed by atoms with Crippen molar-refractivity contribution in [3.8, 4) is 0 Å². The quantitative estimate of drug-likeness (QED) is 0.547. The molecule has 0 bridgehead atoms. The van der Waals surface area contributed by atoms with E-state index in [1.807, 2.05) is 60.7 Å². The molecule has 0 atom stereocenters. The van der Waals surface area contributed by atoms with Gasteiger partial charge < -0.3 is 9.30 Å². The fourth-order valence-electron chi connectivity index (χ4n) is 2.50. The van der Waals surface area contributed by atoms with Crippen LogP contribution in [0.1, 0.15) is 19.3 Å². The van der Waals surface area contributed by atoms with Crippen LogP contribution in [0.3, 0.4) is 0 Å². The van der Waals surface area contributed by atoms with Gasteiger partial charge in [-0.05, 0) is 12.8 Å². The largest absolute Gasteiger partial charge is 0.385 e. The first-order valence-electron chi connectivity index (χ1n) is 7.46. The van der Waals surface area contributed by atoms with Gasteiger partial charge in [0.1, 0.15) is 7.14 Å². The van der Waals surface area contributed by atoms with Gasteiger partial charge in [0.15, 0.2) is 0 Å². The number of methoxy groups -OCH3 is 1. The lowest BCUT2D eigenvalue weighted by molar-refractivity contribution is 0.192. The van der Waals surface area contributed by atoms with Crippen molar-refractivity contribution in [2.75, 3.05) is 19.9 Å². The van der Waals surface area contributed by atoms with Crippen molar-refractivity contribution in [2.45, 2.75) is 19.3 Å². The molecule has 0 fully saturated rings. The van der Waals surface area contributed by atoms with Crippen LogP contribution in [0.5, 0.6) is 0 Å². The molecule has 2 aromatic carbocycles. The van der Waals surface area contributed by atoms with E-state index in [0.29, 0.717) is 0 Å². The Kier molecular flexibility index (Phi) is 6.22. The van der Waals surface area contributed by atoms with E-state index in [4.69, 9.17) is 4.74 Å². The SMILES string of the molecule is COCCCCCP(=O)(c1ccccc1)c1ccccc1. The molecule has 0 spiro atoms. The molecule has 2 nitrogen and oxygen atoms in total. The van der Waals surface area contributed by atoms with Gasteiger partial charge in [-0.1, -0.05) is 67.1 Å². The second-order valence-corrected chi connectivity index (χ2v) is 8.15. The Bertz CT molecular complexity index is 523. The molecule has 3 heteroatoms. The Morgan fingerprint density at radius 3 is 1.81 bits per heavy atom. The van der Waals surface area contributed by atoms with Crippen molar-refractivity contribution in [1.29, 1.82) is 0 Å². The Morgan fingerprint density at radius 1 is 0.810 bits per heavy atom. The molecular weight excluding hydrogens is 279 g/mol. The summed E-state index contributed by atoms with van der Waals surface area (Å²) < 4.78 is 18.7. The summed E-state index contributed by atoms with van der Waals surface area (Å²) in [6, 6.07) is 19.8. The standard InChI is InChI=1S/C18H23O2P/c1-20-15-9-4-10-16-21(19,17-11-5-2-6-12-17)18-13-7-3-8-14-18/h2-3,5-8,11-14H,4,9-10,15-16H2,1H3. The normalized spacial score (nSPS) is 11.5. The predicted molar refractivity (Wildman–Crippen MR) is 90.4 cm³/mol. The number of hydrogen-bond acceptors (Lipinski definition) is 2. The van der Waals surface area contributed by atoms with Crippen LogP contribution in [0.15, 0.2) is 60.7 Å². The number of unbranched alkanes of at least 4 members (excludes halogenated alkanes) is 2. The summed E-state index contributed by atoms with van der Waals surface area (Å²) in [4.78, 5) is 0. The maximum atomic E-state index is 13.6. The van der Waals surface area contributed by atoms with E-state index in [2.05, 4.69) is 0 Å². The van der Waals surface area contributed by atoms with Crippen LogP contribution in [0.4, 0.5) is 0 Å². The minimum atomic E-state index is -2.51. The maximum Gasteiger partial charge on any atom is 0.143 e. The third-order valence-corrected chi connectivity index (χ3v) is 6.88. The number of ether oxygens (including phenoxy) is 1. The molecule has 0 saturated heterocycles. The molecule has 0 saturated carbocycles. The summed E-state index contributed by atoms with van der Waals surface area (Å²) in [6.45, 7) is 0.779. The van der Waals surface area contributed by atoms with Crippen LogP contribution in [0, 0.1) is 0 Å². The van der Waals surface area contributed by atoms with Gasteiger partial charge in [-0.25, -0.2) is 0 Å². The van der Waals surface area contributed by atoms with Gasteiger partial charge in [-0.3, -0.25) is 0 Å². The monoisotopic (exact) mass is 302 g/mol. The Morgan fingerprint density at radius 2 is 1.33 bits per heavy atom. The van der Waals surface area contributed by atoms with E-state index in [-0.39, 0.29) is 0 Å². The molecule has 0 amide bonds. The molecule has 0 radical (unpaired) electrons. The smallest absolute Gasteiger partial charge is 0.143 e. The first kappa shape index (κ1) is 16.0. The van der Waals surface area contributed by atoms with Crippen molar-refractivity contribution in [3.05, 3.63) is 60.7 Å². The topological polar surface area (TPSA) is 26.3 Å². The summed E-state index contributed by atoms with van der Waals surface area (Å²) in [5, 5.41) is 1.92. The molecule has 0 aliphatic heterocycles. The molecule has 0 aliphatic carbocycles. The minimum Gasteiger partial charge on any atom is -0.385 e. The molecule has 0 unspecified atom stereocenters. The zero-order valence-corrected chi connectivity index (χ0v) is 13.5. The van der Waals surface area contributed by atoms with Crippen LogP contribution in [-0.2, 0) is 9.30 Å². The van der Waals surface area contributed by atoms with Crippen molar-refractivity contribution in [2.24, 2.45) is 0 Å². The van der Waals surface area contributed by atoms with Crippen molar-refractivity contribution in [1.82, 2.24) is 0 Å². The summed E-state index contributed by atoms with van der Waals surface area (Å²) in [7, 11) is -0.792. The average molecular weight is 302 g/mol. The van der Waals surface area contributed by atoms with E-state index in [1.165, 1.54) is 0 Å². The van der Waals surface area contributed by atoms with Crippen LogP contribution < -0.4 is 10.6 Å². The minimum absolute atomic E-state index is 0.727. The van der Waals surface area contributed by atoms with E-state index >= 15 is 0 Å². The zero-order valence-electron chi connectivity index (χ0n) is 12.6. The van der Waals surface area contributed by atoms with Crippen LogP contribution in [0.25, 0.3) is 0 Å². The fourth-order valence-corrected chi connectivity index (χ4v) is 5.29. The third-order valence-electron chi connectivity index (χ3n) is 3.67. The van der Waals surface area contributed by atoms with Crippen molar-refractivity contribution in [3.63, 3.8) is 0 Å². The highest BCUT2D eigenvalue weighted by Crippen LogP contribution is 2.44. The van der Waals surface area contributed by atoms with Crippen molar-refractivity contribution >= 4 is 17.8 Å². The summed E-state index contributed by atoms with van der Waals surface area (Å²) >= 11 is 0. The average Bonchev–Trinajstić information content (AvgIpc) is 2.56. The molecular formula is C18H23O2P. The first-order valence-corrected chi connectivity index (χ1v) is 9.36. The lowest BCUT2D eigenvalue weighted by Crippen LogP contribution is -2.18. The number of benzene rings is 2. The lowest BCUT2D eigenvalue weighted by Gasteiger charge is -2.19. The van der Waals surface area contributed by atoms with Gasteiger partial charge in [-0.15, -0.1) is 0 Å². The number of hydrogen-bond donors (Lipinski definition) is 0. The Balaban J connectivity index is 2.18. The molecule has 0 aliphatic rings. The molecule has 0 aromatic heterocycles. The van der Waals surface area contributed by atoms with Gasteiger partial charge in [0.2, 0.25) is 0 Å². The zero-order chi connectivity index (χ0) is 15.0. The van der Waals surface area contributed by atoms with E-state index in [9.17, 15) is 4.57 Å². The highest BCUT2D eigenvalue weighted by molar-refractivity contribution is 7.78. The first-order chi connectivity index (χ1) is 10.3. The van der Waals surface area contributed by atoms with Crippen molar-refractivity contribution < 1.29 is 9.30 Å². The highest BCUT2D eigenvalue weighted by Gasteiger charge is 2.26. The van der Waals surface area contributed by atoms with Crippen LogP contribution in [0.2, 0.25) is 0 Å². The fraction of sp³-hybridized carbons (Fsp3) is 0.333. The van der Waals surface area contributed by atoms with Crippen LogP contribution >= 0.6 is 7.14 Å².